The largest absolute Gasteiger partial charge is 0.351 e. The second kappa shape index (κ2) is 6.06. The molecule has 0 atom stereocenters. The fourth-order valence-electron chi connectivity index (χ4n) is 3.16. The molecule has 2 fully saturated rings. The topological polar surface area (TPSA) is 56.3 Å². The van der Waals surface area contributed by atoms with Gasteiger partial charge in [0.25, 0.3) is 0 Å². The summed E-state index contributed by atoms with van der Waals surface area (Å²) >= 11 is 0. The molecule has 3 heterocycles. The molecule has 0 unspecified atom stereocenters. The van der Waals surface area contributed by atoms with E-state index in [1.807, 2.05) is 12.1 Å². The van der Waals surface area contributed by atoms with E-state index in [-0.39, 0.29) is 0 Å². The van der Waals surface area contributed by atoms with E-state index >= 15 is 0 Å². The van der Waals surface area contributed by atoms with Gasteiger partial charge in [-0.2, -0.15) is 0 Å². The number of anilines is 2. The summed E-state index contributed by atoms with van der Waals surface area (Å²) in [5, 5.41) is 6.81. The van der Waals surface area contributed by atoms with E-state index < -0.39 is 0 Å². The number of aromatic nitrogens is 2. The summed E-state index contributed by atoms with van der Waals surface area (Å²) < 4.78 is 0. The van der Waals surface area contributed by atoms with Crippen molar-refractivity contribution in [2.24, 2.45) is 0 Å². The first kappa shape index (κ1) is 13.7. The highest BCUT2D eigenvalue weighted by Gasteiger charge is 2.22. The van der Waals surface area contributed by atoms with Crippen molar-refractivity contribution < 1.29 is 0 Å². The Morgan fingerprint density at radius 2 is 1.09 bits per heavy atom. The average molecular weight is 298 g/mol. The summed E-state index contributed by atoms with van der Waals surface area (Å²) in [4.78, 5) is 14.6. The van der Waals surface area contributed by atoms with Crippen molar-refractivity contribution >= 4 is 22.7 Å². The van der Waals surface area contributed by atoms with Gasteiger partial charge in [-0.15, -0.1) is 0 Å². The number of nitrogens with zero attached hydrogens (tertiary/aromatic N) is 4. The zero-order chi connectivity index (χ0) is 14.8. The molecule has 116 valence electrons. The molecule has 2 aliphatic rings. The number of rotatable bonds is 2. The van der Waals surface area contributed by atoms with Crippen LogP contribution in [-0.2, 0) is 0 Å². The number of nitrogens with one attached hydrogen (secondary N) is 2. The second-order valence-corrected chi connectivity index (χ2v) is 5.83. The minimum absolute atomic E-state index is 0.981. The van der Waals surface area contributed by atoms with Gasteiger partial charge >= 0.3 is 0 Å². The maximum absolute atomic E-state index is 4.95. The molecule has 2 N–H and O–H groups in total. The molecule has 2 aliphatic heterocycles. The molecule has 4 rings (SSSR count). The normalized spacial score (nSPS) is 19.6. The average Bonchev–Trinajstić information content (AvgIpc) is 2.62. The summed E-state index contributed by atoms with van der Waals surface area (Å²) in [5.74, 6) is 2.09. The molecule has 1 aromatic heterocycles. The molecule has 6 heteroatoms. The molecule has 0 radical (unpaired) electrons. The number of hydrogen-bond donors (Lipinski definition) is 2. The summed E-state index contributed by atoms with van der Waals surface area (Å²) in [5.41, 5.74) is 1.96. The third-order valence-corrected chi connectivity index (χ3v) is 4.37. The van der Waals surface area contributed by atoms with Gasteiger partial charge in [-0.25, -0.2) is 9.97 Å². The van der Waals surface area contributed by atoms with E-state index in [2.05, 4.69) is 32.6 Å². The monoisotopic (exact) mass is 298 g/mol. The van der Waals surface area contributed by atoms with Gasteiger partial charge in [0.15, 0.2) is 11.6 Å². The Morgan fingerprint density at radius 3 is 1.50 bits per heavy atom. The summed E-state index contributed by atoms with van der Waals surface area (Å²) in [6, 6.07) is 8.16. The lowest BCUT2D eigenvalue weighted by Gasteiger charge is -2.34. The number of piperazine rings is 2. The zero-order valence-electron chi connectivity index (χ0n) is 12.8. The molecule has 2 saturated heterocycles. The van der Waals surface area contributed by atoms with Crippen molar-refractivity contribution in [2.45, 2.75) is 0 Å². The van der Waals surface area contributed by atoms with Gasteiger partial charge in [0.2, 0.25) is 0 Å². The molecule has 0 amide bonds. The van der Waals surface area contributed by atoms with Crippen molar-refractivity contribution in [3.05, 3.63) is 24.3 Å². The van der Waals surface area contributed by atoms with Crippen molar-refractivity contribution in [2.75, 3.05) is 62.2 Å². The first-order valence-corrected chi connectivity index (χ1v) is 8.10. The molecule has 22 heavy (non-hydrogen) atoms. The molecule has 0 bridgehead atoms. The number of fused-ring (bicyclic) bond motifs is 1. The lowest BCUT2D eigenvalue weighted by atomic mass is 10.2. The lowest BCUT2D eigenvalue weighted by molar-refractivity contribution is 0.571. The molecule has 0 aliphatic carbocycles. The first-order chi connectivity index (χ1) is 10.9. The van der Waals surface area contributed by atoms with E-state index in [0.717, 1.165) is 75.0 Å². The zero-order valence-corrected chi connectivity index (χ0v) is 12.8. The van der Waals surface area contributed by atoms with Crippen LogP contribution < -0.4 is 20.4 Å². The van der Waals surface area contributed by atoms with Gasteiger partial charge in [0, 0.05) is 52.4 Å². The molecular formula is C16H22N6. The number of benzene rings is 1. The van der Waals surface area contributed by atoms with Crippen LogP contribution in [0.1, 0.15) is 0 Å². The van der Waals surface area contributed by atoms with Gasteiger partial charge in [-0.05, 0) is 12.1 Å². The fraction of sp³-hybridized carbons (Fsp3) is 0.500. The van der Waals surface area contributed by atoms with Crippen LogP contribution in [-0.4, -0.2) is 62.3 Å². The van der Waals surface area contributed by atoms with Gasteiger partial charge in [-0.1, -0.05) is 12.1 Å². The molecular weight excluding hydrogens is 276 g/mol. The van der Waals surface area contributed by atoms with Crippen LogP contribution in [0, 0.1) is 0 Å². The Labute approximate surface area is 130 Å². The van der Waals surface area contributed by atoms with Crippen molar-refractivity contribution in [3.8, 4) is 0 Å². The highest BCUT2D eigenvalue weighted by Crippen LogP contribution is 2.28. The first-order valence-electron chi connectivity index (χ1n) is 8.10. The van der Waals surface area contributed by atoms with Gasteiger partial charge in [0.1, 0.15) is 0 Å². The number of hydrogen-bond acceptors (Lipinski definition) is 6. The summed E-state index contributed by atoms with van der Waals surface area (Å²) in [6.45, 7) is 8.01. The van der Waals surface area contributed by atoms with E-state index in [0.29, 0.717) is 0 Å². The predicted molar refractivity (Wildman–Crippen MR) is 89.7 cm³/mol. The molecule has 0 saturated carbocycles. The van der Waals surface area contributed by atoms with Crippen LogP contribution >= 0.6 is 0 Å². The van der Waals surface area contributed by atoms with Gasteiger partial charge in [0.05, 0.1) is 11.0 Å². The highest BCUT2D eigenvalue weighted by atomic mass is 15.3. The van der Waals surface area contributed by atoms with Crippen molar-refractivity contribution in [1.82, 2.24) is 20.6 Å². The van der Waals surface area contributed by atoms with Crippen LogP contribution in [0.2, 0.25) is 0 Å². The van der Waals surface area contributed by atoms with Crippen LogP contribution in [0.5, 0.6) is 0 Å². The van der Waals surface area contributed by atoms with E-state index in [1.165, 1.54) is 0 Å². The van der Waals surface area contributed by atoms with Crippen LogP contribution in [0.15, 0.2) is 24.3 Å². The fourth-order valence-corrected chi connectivity index (χ4v) is 3.16. The summed E-state index contributed by atoms with van der Waals surface area (Å²) in [7, 11) is 0. The Kier molecular flexibility index (Phi) is 3.78. The Balaban J connectivity index is 1.79. The third kappa shape index (κ3) is 2.60. The molecule has 6 nitrogen and oxygen atoms in total. The Hall–Kier alpha value is -1.92. The third-order valence-electron chi connectivity index (χ3n) is 4.37. The lowest BCUT2D eigenvalue weighted by Crippen LogP contribution is -2.47. The molecule has 0 spiro atoms. The summed E-state index contributed by atoms with van der Waals surface area (Å²) in [6.07, 6.45) is 0. The maximum atomic E-state index is 4.95. The standard InChI is InChI=1S/C16H22N6/c1-2-4-14-13(3-1)19-15(21-9-5-17-6-10-21)16(20-14)22-11-7-18-8-12-22/h1-4,17-18H,5-12H2. The smallest absolute Gasteiger partial charge is 0.172 e. The Morgan fingerprint density at radius 1 is 0.682 bits per heavy atom. The number of para-hydroxylation sites is 2. The van der Waals surface area contributed by atoms with Crippen LogP contribution in [0.25, 0.3) is 11.0 Å². The molecule has 1 aromatic carbocycles. The molecule has 2 aromatic rings. The van der Waals surface area contributed by atoms with E-state index in [1.54, 1.807) is 0 Å². The van der Waals surface area contributed by atoms with Crippen molar-refractivity contribution in [1.29, 1.82) is 0 Å². The minimum atomic E-state index is 0.981. The maximum Gasteiger partial charge on any atom is 0.172 e. The minimum Gasteiger partial charge on any atom is -0.351 e. The van der Waals surface area contributed by atoms with Crippen molar-refractivity contribution in [3.63, 3.8) is 0 Å². The van der Waals surface area contributed by atoms with Gasteiger partial charge < -0.3 is 20.4 Å². The highest BCUT2D eigenvalue weighted by molar-refractivity contribution is 5.81. The van der Waals surface area contributed by atoms with Crippen LogP contribution in [0.4, 0.5) is 11.6 Å². The van der Waals surface area contributed by atoms with Gasteiger partial charge in [-0.3, -0.25) is 0 Å². The predicted octanol–water partition coefficient (Wildman–Crippen LogP) is 0.449. The van der Waals surface area contributed by atoms with Crippen LogP contribution in [0.3, 0.4) is 0 Å². The second-order valence-electron chi connectivity index (χ2n) is 5.83. The SMILES string of the molecule is c1ccc2nc(N3CCNCC3)c(N3CCNCC3)nc2c1. The van der Waals surface area contributed by atoms with E-state index in [4.69, 9.17) is 9.97 Å². The Bertz CT molecular complexity index is 590. The van der Waals surface area contributed by atoms with E-state index in [9.17, 15) is 0 Å². The quantitative estimate of drug-likeness (QED) is 0.839.